The van der Waals surface area contributed by atoms with Gasteiger partial charge in [-0.2, -0.15) is 0 Å². The number of nitrogens with one attached hydrogen (secondary N) is 1. The number of nitrogens with zero attached hydrogens (tertiary/aromatic N) is 2. The monoisotopic (exact) mass is 418 g/mol. The SMILES string of the molecule is COc1ncc(-c2cc(=O)[nH]c(-c3cc(CC(C)(C)C(N)=O)ccc3Cl)n2)s1. The smallest absolute Gasteiger partial charge is 0.273 e. The molecule has 3 aromatic rings. The molecule has 0 fully saturated rings. The Hall–Kier alpha value is -2.71. The number of nitrogens with two attached hydrogens (primary N) is 1. The van der Waals surface area contributed by atoms with Crippen molar-refractivity contribution in [2.75, 3.05) is 7.11 Å². The van der Waals surface area contributed by atoms with Gasteiger partial charge < -0.3 is 15.5 Å². The quantitative estimate of drug-likeness (QED) is 0.638. The Labute approximate surface area is 170 Å². The molecule has 0 spiro atoms. The van der Waals surface area contributed by atoms with Crippen molar-refractivity contribution in [2.45, 2.75) is 20.3 Å². The van der Waals surface area contributed by atoms with Gasteiger partial charge in [-0.3, -0.25) is 9.59 Å². The number of rotatable bonds is 6. The fourth-order valence-electron chi connectivity index (χ4n) is 2.64. The predicted molar refractivity (Wildman–Crippen MR) is 110 cm³/mol. The zero-order valence-electron chi connectivity index (χ0n) is 15.6. The Morgan fingerprint density at radius 3 is 2.75 bits per heavy atom. The molecule has 3 rings (SSSR count). The van der Waals surface area contributed by atoms with E-state index in [4.69, 9.17) is 22.1 Å². The van der Waals surface area contributed by atoms with Crippen molar-refractivity contribution in [3.05, 3.63) is 51.4 Å². The van der Waals surface area contributed by atoms with Crippen molar-refractivity contribution in [3.8, 4) is 27.2 Å². The van der Waals surface area contributed by atoms with E-state index in [9.17, 15) is 9.59 Å². The first-order chi connectivity index (χ1) is 13.2. The predicted octanol–water partition coefficient (Wildman–Crippen LogP) is 3.28. The third-order valence-electron chi connectivity index (χ3n) is 4.25. The number of aromatic amines is 1. The molecule has 28 heavy (non-hydrogen) atoms. The van der Waals surface area contributed by atoms with Gasteiger partial charge in [-0.05, 0) is 24.1 Å². The zero-order valence-corrected chi connectivity index (χ0v) is 17.1. The first-order valence-corrected chi connectivity index (χ1v) is 9.59. The van der Waals surface area contributed by atoms with Crippen LogP contribution in [0.1, 0.15) is 19.4 Å². The summed E-state index contributed by atoms with van der Waals surface area (Å²) in [6.45, 7) is 3.56. The number of methoxy groups -OCH3 is 1. The van der Waals surface area contributed by atoms with Crippen LogP contribution in [0.25, 0.3) is 22.0 Å². The lowest BCUT2D eigenvalue weighted by atomic mass is 9.85. The van der Waals surface area contributed by atoms with Crippen molar-refractivity contribution < 1.29 is 9.53 Å². The van der Waals surface area contributed by atoms with Crippen molar-refractivity contribution in [1.29, 1.82) is 0 Å². The van der Waals surface area contributed by atoms with E-state index in [-0.39, 0.29) is 5.56 Å². The highest BCUT2D eigenvalue weighted by molar-refractivity contribution is 7.16. The highest BCUT2D eigenvalue weighted by Gasteiger charge is 2.25. The van der Waals surface area contributed by atoms with Crippen LogP contribution in [0.2, 0.25) is 5.02 Å². The molecule has 0 aliphatic rings. The van der Waals surface area contributed by atoms with Crippen LogP contribution in [-0.4, -0.2) is 28.0 Å². The van der Waals surface area contributed by atoms with E-state index in [1.165, 1.54) is 24.5 Å². The van der Waals surface area contributed by atoms with Gasteiger partial charge in [0.2, 0.25) is 5.91 Å². The van der Waals surface area contributed by atoms with Gasteiger partial charge in [0.05, 0.1) is 28.9 Å². The number of halogens is 1. The molecule has 7 nitrogen and oxygen atoms in total. The van der Waals surface area contributed by atoms with Gasteiger partial charge in [-0.25, -0.2) is 9.97 Å². The molecular weight excluding hydrogens is 400 g/mol. The van der Waals surface area contributed by atoms with Gasteiger partial charge in [0, 0.05) is 17.0 Å². The molecule has 0 saturated carbocycles. The lowest BCUT2D eigenvalue weighted by Crippen LogP contribution is -2.33. The van der Waals surface area contributed by atoms with Crippen molar-refractivity contribution >= 4 is 28.8 Å². The lowest BCUT2D eigenvalue weighted by molar-refractivity contribution is -0.125. The van der Waals surface area contributed by atoms with E-state index in [0.717, 1.165) is 5.56 Å². The van der Waals surface area contributed by atoms with Crippen molar-refractivity contribution in [1.82, 2.24) is 15.0 Å². The molecule has 0 bridgehead atoms. The number of amides is 1. The molecule has 9 heteroatoms. The summed E-state index contributed by atoms with van der Waals surface area (Å²) in [7, 11) is 1.53. The number of benzene rings is 1. The van der Waals surface area contributed by atoms with Crippen LogP contribution in [0.15, 0.2) is 35.3 Å². The van der Waals surface area contributed by atoms with Gasteiger partial charge in [0.1, 0.15) is 5.82 Å². The van der Waals surface area contributed by atoms with Gasteiger partial charge >= 0.3 is 0 Å². The number of primary amides is 1. The minimum Gasteiger partial charge on any atom is -0.473 e. The number of carbonyl (C=O) groups is 1. The second kappa shape index (κ2) is 7.73. The van der Waals surface area contributed by atoms with E-state index >= 15 is 0 Å². The fraction of sp³-hybridized carbons (Fsp3) is 0.263. The molecule has 0 radical (unpaired) electrons. The Morgan fingerprint density at radius 2 is 2.11 bits per heavy atom. The van der Waals surface area contributed by atoms with Crippen LogP contribution in [0.3, 0.4) is 0 Å². The van der Waals surface area contributed by atoms with E-state index in [2.05, 4.69) is 15.0 Å². The summed E-state index contributed by atoms with van der Waals surface area (Å²) in [4.78, 5) is 35.9. The Kier molecular flexibility index (Phi) is 5.53. The molecule has 1 amide bonds. The number of hydrogen-bond acceptors (Lipinski definition) is 6. The summed E-state index contributed by atoms with van der Waals surface area (Å²) >= 11 is 7.64. The molecule has 146 valence electrons. The van der Waals surface area contributed by atoms with Gasteiger partial charge in [-0.1, -0.05) is 42.9 Å². The zero-order chi connectivity index (χ0) is 20.5. The van der Waals surface area contributed by atoms with Crippen LogP contribution < -0.4 is 16.0 Å². The second-order valence-electron chi connectivity index (χ2n) is 6.91. The summed E-state index contributed by atoms with van der Waals surface area (Å²) < 4.78 is 5.10. The Morgan fingerprint density at radius 1 is 1.36 bits per heavy atom. The molecule has 2 heterocycles. The first-order valence-electron chi connectivity index (χ1n) is 8.40. The summed E-state index contributed by atoms with van der Waals surface area (Å²) in [6.07, 6.45) is 2.03. The van der Waals surface area contributed by atoms with E-state index in [0.29, 0.717) is 38.6 Å². The fourth-order valence-corrected chi connectivity index (χ4v) is 3.54. The highest BCUT2D eigenvalue weighted by Crippen LogP contribution is 2.32. The topological polar surface area (TPSA) is 111 Å². The second-order valence-corrected chi connectivity index (χ2v) is 8.31. The first kappa shape index (κ1) is 20.0. The van der Waals surface area contributed by atoms with Crippen LogP contribution in [0.5, 0.6) is 5.19 Å². The summed E-state index contributed by atoms with van der Waals surface area (Å²) in [5, 5.41) is 0.912. The molecule has 0 saturated heterocycles. The maximum atomic E-state index is 12.2. The number of hydrogen-bond donors (Lipinski definition) is 2. The van der Waals surface area contributed by atoms with E-state index < -0.39 is 11.3 Å². The van der Waals surface area contributed by atoms with Gasteiger partial charge in [-0.15, -0.1) is 0 Å². The summed E-state index contributed by atoms with van der Waals surface area (Å²) in [5.41, 5.74) is 6.34. The Bertz CT molecular complexity index is 1090. The average molecular weight is 419 g/mol. The third-order valence-corrected chi connectivity index (χ3v) is 5.56. The number of aromatic nitrogens is 3. The molecule has 3 N–H and O–H groups in total. The summed E-state index contributed by atoms with van der Waals surface area (Å²) in [5.74, 6) is -0.0599. The van der Waals surface area contributed by atoms with Crippen molar-refractivity contribution in [2.24, 2.45) is 11.1 Å². The van der Waals surface area contributed by atoms with Gasteiger partial charge in [0.25, 0.3) is 10.8 Å². The maximum absolute atomic E-state index is 12.2. The number of ether oxygens (including phenoxy) is 1. The normalized spacial score (nSPS) is 11.4. The third kappa shape index (κ3) is 4.23. The van der Waals surface area contributed by atoms with Crippen LogP contribution in [0, 0.1) is 5.41 Å². The molecule has 0 unspecified atom stereocenters. The number of H-pyrrole nitrogens is 1. The number of carbonyl (C=O) groups excluding carboxylic acids is 1. The minimum atomic E-state index is -0.715. The van der Waals surface area contributed by atoms with Crippen molar-refractivity contribution in [3.63, 3.8) is 0 Å². The average Bonchev–Trinajstić information content (AvgIpc) is 3.12. The molecule has 0 atom stereocenters. The van der Waals surface area contributed by atoms with Crippen LogP contribution >= 0.6 is 22.9 Å². The molecule has 2 aromatic heterocycles. The van der Waals surface area contributed by atoms with E-state index in [1.807, 2.05) is 12.1 Å². The molecule has 0 aliphatic heterocycles. The van der Waals surface area contributed by atoms with Gasteiger partial charge in [0.15, 0.2) is 0 Å². The standard InChI is InChI=1S/C19H19ClN4O3S/c1-19(2,17(21)26)8-10-4-5-12(20)11(6-10)16-23-13(7-15(25)24-16)14-9-22-18(27-3)28-14/h4-7,9H,8H2,1-3H3,(H2,21,26)(H,23,24,25). The maximum Gasteiger partial charge on any atom is 0.273 e. The van der Waals surface area contributed by atoms with Crippen LogP contribution in [-0.2, 0) is 11.2 Å². The molecular formula is C19H19ClN4O3S. The molecule has 0 aliphatic carbocycles. The van der Waals surface area contributed by atoms with Crippen LogP contribution in [0.4, 0.5) is 0 Å². The summed E-state index contributed by atoms with van der Waals surface area (Å²) in [6, 6.07) is 6.74. The minimum absolute atomic E-state index is 0.314. The largest absolute Gasteiger partial charge is 0.473 e. The van der Waals surface area contributed by atoms with E-state index in [1.54, 1.807) is 26.1 Å². The molecule has 1 aromatic carbocycles. The highest BCUT2D eigenvalue weighted by atomic mass is 35.5. The Balaban J connectivity index is 2.04. The number of thiazole rings is 1. The lowest BCUT2D eigenvalue weighted by Gasteiger charge is -2.20.